The van der Waals surface area contributed by atoms with Crippen molar-refractivity contribution in [2.75, 3.05) is 0 Å². The van der Waals surface area contributed by atoms with Crippen LogP contribution in [0.1, 0.15) is 5.69 Å². The summed E-state index contributed by atoms with van der Waals surface area (Å²) in [6.45, 7) is 1.88. The number of pyridine rings is 1. The molecule has 0 spiro atoms. The molecule has 92 valence electrons. The molecule has 0 amide bonds. The predicted octanol–water partition coefficient (Wildman–Crippen LogP) is 4.21. The van der Waals surface area contributed by atoms with Gasteiger partial charge in [0.05, 0.1) is 15.5 Å². The Kier molecular flexibility index (Phi) is 3.98. The Balaban J connectivity index is 2.34. The van der Waals surface area contributed by atoms with E-state index in [0.717, 1.165) is 15.2 Å². The maximum atomic E-state index is 10.9. The highest BCUT2D eigenvalue weighted by Gasteiger charge is 2.14. The number of halogens is 1. The molecule has 1 aromatic heterocycles. The fraction of sp³-hybridized carbons (Fsp3) is 0.0833. The van der Waals surface area contributed by atoms with E-state index in [1.165, 1.54) is 17.8 Å². The number of hydrogen-bond donors (Lipinski definition) is 0. The van der Waals surface area contributed by atoms with Crippen molar-refractivity contribution in [3.8, 4) is 0 Å². The Morgan fingerprint density at radius 1 is 1.28 bits per heavy atom. The highest BCUT2D eigenvalue weighted by Crippen LogP contribution is 2.34. The first-order valence-electron chi connectivity index (χ1n) is 5.12. The van der Waals surface area contributed by atoms with E-state index in [1.54, 1.807) is 18.2 Å². The zero-order valence-corrected chi connectivity index (χ0v) is 11.9. The van der Waals surface area contributed by atoms with Gasteiger partial charge in [-0.2, -0.15) is 0 Å². The Hall–Kier alpha value is -1.40. The highest BCUT2D eigenvalue weighted by atomic mass is 79.9. The van der Waals surface area contributed by atoms with Gasteiger partial charge in [0.15, 0.2) is 0 Å². The first-order valence-corrected chi connectivity index (χ1v) is 6.73. The van der Waals surface area contributed by atoms with Gasteiger partial charge in [0.25, 0.3) is 5.69 Å². The number of hydrogen-bond acceptors (Lipinski definition) is 4. The van der Waals surface area contributed by atoms with Crippen LogP contribution in [0, 0.1) is 17.0 Å². The predicted molar refractivity (Wildman–Crippen MR) is 73.9 cm³/mol. The monoisotopic (exact) mass is 324 g/mol. The zero-order chi connectivity index (χ0) is 13.1. The smallest absolute Gasteiger partial charge is 0.258 e. The van der Waals surface area contributed by atoms with Crippen LogP contribution in [-0.2, 0) is 0 Å². The Labute approximate surface area is 117 Å². The molecule has 0 atom stereocenters. The molecule has 0 unspecified atom stereocenters. The first kappa shape index (κ1) is 13.0. The van der Waals surface area contributed by atoms with Gasteiger partial charge >= 0.3 is 0 Å². The van der Waals surface area contributed by atoms with Crippen molar-refractivity contribution in [2.24, 2.45) is 0 Å². The van der Waals surface area contributed by atoms with E-state index in [-0.39, 0.29) is 10.6 Å². The fourth-order valence-electron chi connectivity index (χ4n) is 1.38. The second-order valence-corrected chi connectivity index (χ2v) is 5.46. The summed E-state index contributed by atoms with van der Waals surface area (Å²) in [5, 5.41) is 11.6. The lowest BCUT2D eigenvalue weighted by molar-refractivity contribution is -0.387. The average Bonchev–Trinajstić information content (AvgIpc) is 2.34. The first-order chi connectivity index (χ1) is 8.58. The van der Waals surface area contributed by atoms with Crippen molar-refractivity contribution >= 4 is 33.4 Å². The molecule has 0 saturated heterocycles. The van der Waals surface area contributed by atoms with Crippen LogP contribution < -0.4 is 0 Å². The van der Waals surface area contributed by atoms with Crippen LogP contribution in [0.3, 0.4) is 0 Å². The third kappa shape index (κ3) is 2.88. The molecule has 18 heavy (non-hydrogen) atoms. The number of para-hydroxylation sites is 1. The van der Waals surface area contributed by atoms with Crippen LogP contribution in [0.15, 0.2) is 50.8 Å². The summed E-state index contributed by atoms with van der Waals surface area (Å²) >= 11 is 4.66. The molecule has 0 saturated carbocycles. The number of benzene rings is 1. The normalized spacial score (nSPS) is 10.3. The van der Waals surface area contributed by atoms with Crippen molar-refractivity contribution in [1.29, 1.82) is 0 Å². The average molecular weight is 325 g/mol. The van der Waals surface area contributed by atoms with Gasteiger partial charge in [0.1, 0.15) is 5.03 Å². The van der Waals surface area contributed by atoms with Crippen molar-refractivity contribution in [3.05, 3.63) is 56.7 Å². The maximum Gasteiger partial charge on any atom is 0.283 e. The van der Waals surface area contributed by atoms with Crippen molar-refractivity contribution in [3.63, 3.8) is 0 Å². The standard InChI is InChI=1S/C12H9BrN2O2S/c1-8-9(13)6-7-12(14-8)18-11-5-3-2-4-10(11)15(16)17/h2-7H,1H3. The quantitative estimate of drug-likeness (QED) is 0.626. The molecule has 0 radical (unpaired) electrons. The van der Waals surface area contributed by atoms with Crippen molar-refractivity contribution in [2.45, 2.75) is 16.8 Å². The van der Waals surface area contributed by atoms with Crippen molar-refractivity contribution in [1.82, 2.24) is 4.98 Å². The van der Waals surface area contributed by atoms with Gasteiger partial charge in [-0.05, 0) is 41.1 Å². The summed E-state index contributed by atoms with van der Waals surface area (Å²) in [4.78, 5) is 15.5. The van der Waals surface area contributed by atoms with E-state index >= 15 is 0 Å². The molecule has 2 rings (SSSR count). The summed E-state index contributed by atoms with van der Waals surface area (Å²) in [5.41, 5.74) is 0.962. The maximum absolute atomic E-state index is 10.9. The topological polar surface area (TPSA) is 56.0 Å². The van der Waals surface area contributed by atoms with Gasteiger partial charge in [0, 0.05) is 10.5 Å². The third-order valence-corrected chi connectivity index (χ3v) is 4.11. The number of aryl methyl sites for hydroxylation is 1. The Morgan fingerprint density at radius 2 is 2.00 bits per heavy atom. The van der Waals surface area contributed by atoms with Gasteiger partial charge < -0.3 is 0 Å². The molecule has 0 bridgehead atoms. The number of nitro benzene ring substituents is 1. The summed E-state index contributed by atoms with van der Waals surface area (Å²) in [6.07, 6.45) is 0. The molecule has 0 fully saturated rings. The number of aromatic nitrogens is 1. The molecule has 0 aliphatic heterocycles. The van der Waals surface area contributed by atoms with Gasteiger partial charge in [0.2, 0.25) is 0 Å². The Bertz CT molecular complexity index is 604. The molecular weight excluding hydrogens is 316 g/mol. The van der Waals surface area contributed by atoms with Crippen LogP contribution in [0.2, 0.25) is 0 Å². The van der Waals surface area contributed by atoms with E-state index < -0.39 is 0 Å². The molecular formula is C12H9BrN2O2S. The van der Waals surface area contributed by atoms with Gasteiger partial charge in [-0.3, -0.25) is 10.1 Å². The molecule has 1 heterocycles. The highest BCUT2D eigenvalue weighted by molar-refractivity contribution is 9.10. The molecule has 4 nitrogen and oxygen atoms in total. The molecule has 6 heteroatoms. The summed E-state index contributed by atoms with van der Waals surface area (Å²) in [7, 11) is 0. The second-order valence-electron chi connectivity index (χ2n) is 3.54. The lowest BCUT2D eigenvalue weighted by Crippen LogP contribution is -1.91. The SMILES string of the molecule is Cc1nc(Sc2ccccc2[N+](=O)[O-])ccc1Br. The molecule has 0 N–H and O–H groups in total. The van der Waals surface area contributed by atoms with E-state index in [1.807, 2.05) is 19.1 Å². The second kappa shape index (κ2) is 5.49. The molecule has 1 aromatic carbocycles. The molecule has 0 aliphatic carbocycles. The largest absolute Gasteiger partial charge is 0.283 e. The molecule has 2 aromatic rings. The zero-order valence-electron chi connectivity index (χ0n) is 9.46. The summed E-state index contributed by atoms with van der Waals surface area (Å²) < 4.78 is 0.925. The minimum absolute atomic E-state index is 0.102. The van der Waals surface area contributed by atoms with Crippen LogP contribution in [-0.4, -0.2) is 9.91 Å². The van der Waals surface area contributed by atoms with Crippen molar-refractivity contribution < 1.29 is 4.92 Å². The summed E-state index contributed by atoms with van der Waals surface area (Å²) in [6, 6.07) is 10.4. The van der Waals surface area contributed by atoms with Gasteiger partial charge in [-0.25, -0.2) is 4.98 Å². The Morgan fingerprint density at radius 3 is 2.67 bits per heavy atom. The van der Waals surface area contributed by atoms with Gasteiger partial charge in [-0.1, -0.05) is 23.9 Å². The number of nitrogens with zero attached hydrogens (tertiary/aromatic N) is 2. The van der Waals surface area contributed by atoms with Crippen LogP contribution in [0.4, 0.5) is 5.69 Å². The fourth-order valence-corrected chi connectivity index (χ4v) is 2.54. The van der Waals surface area contributed by atoms with E-state index in [4.69, 9.17) is 0 Å². The number of nitro groups is 1. The minimum atomic E-state index is -0.381. The molecule has 0 aliphatic rings. The lowest BCUT2D eigenvalue weighted by Gasteiger charge is -2.04. The third-order valence-electron chi connectivity index (χ3n) is 2.27. The minimum Gasteiger partial charge on any atom is -0.258 e. The summed E-state index contributed by atoms with van der Waals surface area (Å²) in [5.74, 6) is 0. The number of rotatable bonds is 3. The van der Waals surface area contributed by atoms with Crippen LogP contribution in [0.5, 0.6) is 0 Å². The van der Waals surface area contributed by atoms with Crippen LogP contribution in [0.25, 0.3) is 0 Å². The van der Waals surface area contributed by atoms with E-state index in [0.29, 0.717) is 4.90 Å². The van der Waals surface area contributed by atoms with E-state index in [2.05, 4.69) is 20.9 Å². The van der Waals surface area contributed by atoms with Gasteiger partial charge in [-0.15, -0.1) is 0 Å². The van der Waals surface area contributed by atoms with Crippen LogP contribution >= 0.6 is 27.7 Å². The lowest BCUT2D eigenvalue weighted by atomic mass is 10.3. The van der Waals surface area contributed by atoms with E-state index in [9.17, 15) is 10.1 Å².